The second-order valence-electron chi connectivity index (χ2n) is 1.60. The van der Waals surface area contributed by atoms with E-state index in [1.54, 1.807) is 5.94 Å². The summed E-state index contributed by atoms with van der Waals surface area (Å²) in [5, 5.41) is 0. The molecule has 0 spiro atoms. The van der Waals surface area contributed by atoms with Gasteiger partial charge in [-0.15, -0.1) is 0 Å². The summed E-state index contributed by atoms with van der Waals surface area (Å²) < 4.78 is 0.604. The highest BCUT2D eigenvalue weighted by Crippen LogP contribution is 2.11. The lowest BCUT2D eigenvalue weighted by atomic mass is 10.2. The standard InChI is InChI=1S/C5H7BrO/c1-4(2)5(6)3-7/h4H,1-2H3. The van der Waals surface area contributed by atoms with Crippen LogP contribution in [0, 0.1) is 5.92 Å². The van der Waals surface area contributed by atoms with Crippen molar-refractivity contribution in [2.45, 2.75) is 13.8 Å². The van der Waals surface area contributed by atoms with Crippen LogP contribution in [0.1, 0.15) is 13.8 Å². The molecule has 0 fully saturated rings. The van der Waals surface area contributed by atoms with Gasteiger partial charge in [0.15, 0.2) is 0 Å². The molecule has 0 saturated heterocycles. The van der Waals surface area contributed by atoms with Crippen molar-refractivity contribution < 1.29 is 4.79 Å². The SMILES string of the molecule is CC(C)C(Br)=C=O. The lowest BCUT2D eigenvalue weighted by Crippen LogP contribution is -1.83. The first kappa shape index (κ1) is 6.93. The molecule has 0 aromatic carbocycles. The molecule has 0 aliphatic rings. The normalized spacial score (nSPS) is 8.57. The first-order valence-electron chi connectivity index (χ1n) is 2.09. The molecule has 7 heavy (non-hydrogen) atoms. The fraction of sp³-hybridized carbons (Fsp3) is 0.600. The van der Waals surface area contributed by atoms with Crippen LogP contribution < -0.4 is 0 Å². The lowest BCUT2D eigenvalue weighted by Gasteiger charge is -1.92. The van der Waals surface area contributed by atoms with Crippen LogP contribution in [0.2, 0.25) is 0 Å². The van der Waals surface area contributed by atoms with Crippen LogP contribution in [0.3, 0.4) is 0 Å². The van der Waals surface area contributed by atoms with Gasteiger partial charge in [-0.3, -0.25) is 0 Å². The zero-order chi connectivity index (χ0) is 5.86. The number of carbonyl (C=O) groups excluding carboxylic acids is 1. The van der Waals surface area contributed by atoms with Crippen LogP contribution in [-0.4, -0.2) is 5.94 Å². The van der Waals surface area contributed by atoms with Gasteiger partial charge in [-0.05, 0) is 21.8 Å². The van der Waals surface area contributed by atoms with Crippen LogP contribution in [0.5, 0.6) is 0 Å². The number of halogens is 1. The van der Waals surface area contributed by atoms with E-state index in [1.165, 1.54) is 0 Å². The van der Waals surface area contributed by atoms with Crippen LogP contribution >= 0.6 is 15.9 Å². The minimum absolute atomic E-state index is 0.275. The Hall–Kier alpha value is -0.0700. The Bertz CT molecular complexity index is 101. The van der Waals surface area contributed by atoms with Gasteiger partial charge in [0, 0.05) is 0 Å². The van der Waals surface area contributed by atoms with E-state index in [0.717, 1.165) is 0 Å². The lowest BCUT2D eigenvalue weighted by molar-refractivity contribution is 0.566. The van der Waals surface area contributed by atoms with Gasteiger partial charge < -0.3 is 0 Å². The summed E-state index contributed by atoms with van der Waals surface area (Å²) in [5.74, 6) is 2.02. The maximum absolute atomic E-state index is 9.74. The fourth-order valence-electron chi connectivity index (χ4n) is 0.118. The Morgan fingerprint density at radius 1 is 1.71 bits per heavy atom. The molecule has 0 atom stereocenters. The Morgan fingerprint density at radius 3 is 2.14 bits per heavy atom. The molecule has 0 aliphatic carbocycles. The molecule has 0 radical (unpaired) electrons. The van der Waals surface area contributed by atoms with Crippen molar-refractivity contribution in [3.8, 4) is 0 Å². The third-order valence-electron chi connectivity index (χ3n) is 0.604. The van der Waals surface area contributed by atoms with E-state index in [2.05, 4.69) is 15.9 Å². The summed E-state index contributed by atoms with van der Waals surface area (Å²) in [6.45, 7) is 3.85. The molecule has 0 heterocycles. The van der Waals surface area contributed by atoms with Crippen LogP contribution in [0.25, 0.3) is 0 Å². The van der Waals surface area contributed by atoms with Gasteiger partial charge >= 0.3 is 0 Å². The summed E-state index contributed by atoms with van der Waals surface area (Å²) in [7, 11) is 0. The molecule has 0 saturated carbocycles. The zero-order valence-corrected chi connectivity index (χ0v) is 5.95. The van der Waals surface area contributed by atoms with Gasteiger partial charge in [0.2, 0.25) is 0 Å². The average Bonchev–Trinajstić information content (AvgIpc) is 1.65. The molecule has 0 rings (SSSR count). The Labute approximate surface area is 51.5 Å². The van der Waals surface area contributed by atoms with E-state index < -0.39 is 0 Å². The van der Waals surface area contributed by atoms with Crippen molar-refractivity contribution in [1.82, 2.24) is 0 Å². The molecule has 0 aromatic heterocycles. The van der Waals surface area contributed by atoms with E-state index >= 15 is 0 Å². The van der Waals surface area contributed by atoms with Gasteiger partial charge in [0.25, 0.3) is 0 Å². The van der Waals surface area contributed by atoms with Crippen molar-refractivity contribution >= 4 is 21.9 Å². The van der Waals surface area contributed by atoms with Crippen molar-refractivity contribution in [3.63, 3.8) is 0 Å². The summed E-state index contributed by atoms with van der Waals surface area (Å²) in [6, 6.07) is 0. The van der Waals surface area contributed by atoms with Crippen molar-refractivity contribution in [2.75, 3.05) is 0 Å². The minimum atomic E-state index is 0.275. The molecule has 0 aliphatic heterocycles. The molecule has 1 nitrogen and oxygen atoms in total. The molecule has 2 heteroatoms. The summed E-state index contributed by atoms with van der Waals surface area (Å²) in [6.07, 6.45) is 0. The highest BCUT2D eigenvalue weighted by atomic mass is 79.9. The third-order valence-corrected chi connectivity index (χ3v) is 1.68. The van der Waals surface area contributed by atoms with Crippen molar-refractivity contribution in [2.24, 2.45) is 5.92 Å². The number of hydrogen-bond acceptors (Lipinski definition) is 1. The Balaban J connectivity index is 3.81. The monoisotopic (exact) mass is 162 g/mol. The minimum Gasteiger partial charge on any atom is -0.233 e. The summed E-state index contributed by atoms with van der Waals surface area (Å²) in [5.41, 5.74) is 0. The molecular formula is C5H7BrO. The number of hydrogen-bond donors (Lipinski definition) is 0. The number of rotatable bonds is 1. The molecule has 0 aromatic rings. The smallest absolute Gasteiger partial charge is 0.135 e. The molecule has 0 bridgehead atoms. The van der Waals surface area contributed by atoms with Crippen LogP contribution in [0.15, 0.2) is 4.48 Å². The maximum Gasteiger partial charge on any atom is 0.135 e. The second-order valence-corrected chi connectivity index (χ2v) is 2.46. The molecule has 40 valence electrons. The predicted octanol–water partition coefficient (Wildman–Crippen LogP) is 1.75. The summed E-state index contributed by atoms with van der Waals surface area (Å²) >= 11 is 3.03. The van der Waals surface area contributed by atoms with Crippen LogP contribution in [-0.2, 0) is 4.79 Å². The van der Waals surface area contributed by atoms with Gasteiger partial charge in [-0.25, -0.2) is 4.79 Å². The number of allylic oxidation sites excluding steroid dienone is 1. The largest absolute Gasteiger partial charge is 0.233 e. The van der Waals surface area contributed by atoms with Gasteiger partial charge in [-0.1, -0.05) is 13.8 Å². The molecule has 0 unspecified atom stereocenters. The quantitative estimate of drug-likeness (QED) is 0.538. The first-order chi connectivity index (χ1) is 3.18. The molecule has 0 amide bonds. The van der Waals surface area contributed by atoms with Gasteiger partial charge in [-0.2, -0.15) is 0 Å². The van der Waals surface area contributed by atoms with Gasteiger partial charge in [0.05, 0.1) is 4.48 Å². The van der Waals surface area contributed by atoms with Crippen molar-refractivity contribution in [1.29, 1.82) is 0 Å². The first-order valence-corrected chi connectivity index (χ1v) is 2.88. The predicted molar refractivity (Wildman–Crippen MR) is 33.0 cm³/mol. The second kappa shape index (κ2) is 3.00. The van der Waals surface area contributed by atoms with E-state index in [9.17, 15) is 4.79 Å². The fourth-order valence-corrected chi connectivity index (χ4v) is 0.118. The third kappa shape index (κ3) is 2.60. The van der Waals surface area contributed by atoms with Crippen molar-refractivity contribution in [3.05, 3.63) is 4.48 Å². The summed E-state index contributed by atoms with van der Waals surface area (Å²) in [4.78, 5) is 9.74. The topological polar surface area (TPSA) is 17.1 Å². The van der Waals surface area contributed by atoms with Crippen LogP contribution in [0.4, 0.5) is 0 Å². The highest BCUT2D eigenvalue weighted by Gasteiger charge is 1.95. The molecular weight excluding hydrogens is 156 g/mol. The highest BCUT2D eigenvalue weighted by molar-refractivity contribution is 9.12. The van der Waals surface area contributed by atoms with E-state index in [0.29, 0.717) is 4.48 Å². The zero-order valence-electron chi connectivity index (χ0n) is 4.36. The Kier molecular flexibility index (Phi) is 2.97. The van der Waals surface area contributed by atoms with Gasteiger partial charge in [0.1, 0.15) is 5.94 Å². The average molecular weight is 163 g/mol. The Morgan fingerprint density at radius 2 is 2.14 bits per heavy atom. The van der Waals surface area contributed by atoms with E-state index in [1.807, 2.05) is 13.8 Å². The maximum atomic E-state index is 9.74. The van der Waals surface area contributed by atoms with E-state index in [4.69, 9.17) is 0 Å². The van der Waals surface area contributed by atoms with E-state index in [-0.39, 0.29) is 5.92 Å². The molecule has 0 N–H and O–H groups in total.